The third-order valence-electron chi connectivity index (χ3n) is 5.72. The van der Waals surface area contributed by atoms with Gasteiger partial charge in [0.05, 0.1) is 24.4 Å². The molecule has 1 aromatic heterocycles. The van der Waals surface area contributed by atoms with Crippen molar-refractivity contribution in [2.75, 3.05) is 27.7 Å². The van der Waals surface area contributed by atoms with Crippen molar-refractivity contribution >= 4 is 22.8 Å². The van der Waals surface area contributed by atoms with E-state index in [1.807, 2.05) is 32.8 Å². The van der Waals surface area contributed by atoms with Crippen molar-refractivity contribution in [1.29, 1.82) is 0 Å². The van der Waals surface area contributed by atoms with Gasteiger partial charge in [-0.05, 0) is 57.6 Å². The van der Waals surface area contributed by atoms with Gasteiger partial charge in [-0.25, -0.2) is 13.6 Å². The van der Waals surface area contributed by atoms with E-state index in [1.54, 1.807) is 29.9 Å². The van der Waals surface area contributed by atoms with Crippen molar-refractivity contribution in [2.45, 2.75) is 39.3 Å². The number of methoxy groups -OCH3 is 1. The highest BCUT2D eigenvalue weighted by Crippen LogP contribution is 2.32. The molecule has 8 nitrogen and oxygen atoms in total. The molecule has 0 fully saturated rings. The summed E-state index contributed by atoms with van der Waals surface area (Å²) in [5.74, 6) is -2.80. The van der Waals surface area contributed by atoms with Crippen LogP contribution in [0.3, 0.4) is 0 Å². The first kappa shape index (κ1) is 27.1. The number of halogens is 2. The van der Waals surface area contributed by atoms with E-state index < -0.39 is 29.0 Å². The number of fused-ring (bicyclic) bond motifs is 1. The van der Waals surface area contributed by atoms with Crippen LogP contribution >= 0.6 is 0 Å². The average molecular weight is 503 g/mol. The molecule has 0 spiro atoms. The fourth-order valence-electron chi connectivity index (χ4n) is 3.74. The molecule has 1 amide bonds. The zero-order valence-electron chi connectivity index (χ0n) is 21.4. The number of nitrogens with one attached hydrogen (secondary N) is 1. The third-order valence-corrected chi connectivity index (χ3v) is 5.72. The van der Waals surface area contributed by atoms with Gasteiger partial charge in [0.2, 0.25) is 0 Å². The molecule has 0 bridgehead atoms. The van der Waals surface area contributed by atoms with Crippen molar-refractivity contribution in [3.05, 3.63) is 53.7 Å². The SMILES string of the molecule is COC(=O)[C@](C)(CCN(C)C)NC(=O)c1cc2c(cnn2CC(C)C)cc1Oc1ccc(F)cc1F. The molecule has 3 aromatic rings. The lowest BCUT2D eigenvalue weighted by molar-refractivity contribution is -0.147. The van der Waals surface area contributed by atoms with Crippen molar-refractivity contribution < 1.29 is 27.8 Å². The smallest absolute Gasteiger partial charge is 0.331 e. The molecule has 36 heavy (non-hydrogen) atoms. The van der Waals surface area contributed by atoms with Crippen LogP contribution in [0.1, 0.15) is 37.6 Å². The summed E-state index contributed by atoms with van der Waals surface area (Å²) in [5, 5.41) is 7.86. The number of carbonyl (C=O) groups excluding carboxylic acids is 2. The molecule has 0 unspecified atom stereocenters. The van der Waals surface area contributed by atoms with Crippen molar-refractivity contribution in [3.8, 4) is 11.5 Å². The number of ether oxygens (including phenoxy) is 2. The molecule has 0 aliphatic rings. The molecule has 3 rings (SSSR count). The standard InChI is InChI=1S/C26H32F2N4O4/c1-16(2)15-32-21-13-19(24(33)30-26(3,25(34)35-6)9-10-31(4)5)23(11-17(21)14-29-32)36-22-8-7-18(27)12-20(22)28/h7-8,11-14,16H,9-10,15H2,1-6H3,(H,30,33)/t26-/m0/s1. The number of amides is 1. The second-order valence-corrected chi connectivity index (χ2v) is 9.64. The first-order valence-corrected chi connectivity index (χ1v) is 11.6. The average Bonchev–Trinajstić information content (AvgIpc) is 3.19. The monoisotopic (exact) mass is 502 g/mol. The quantitative estimate of drug-likeness (QED) is 0.414. The summed E-state index contributed by atoms with van der Waals surface area (Å²) in [6.07, 6.45) is 1.91. The normalized spacial score (nSPS) is 13.2. The second-order valence-electron chi connectivity index (χ2n) is 9.64. The number of hydrogen-bond donors (Lipinski definition) is 1. The van der Waals surface area contributed by atoms with E-state index in [1.165, 1.54) is 7.11 Å². The van der Waals surface area contributed by atoms with Crippen LogP contribution in [0, 0.1) is 17.6 Å². The van der Waals surface area contributed by atoms with Crippen molar-refractivity contribution in [3.63, 3.8) is 0 Å². The molecule has 0 aliphatic heterocycles. The van der Waals surface area contributed by atoms with Gasteiger partial charge in [-0.2, -0.15) is 5.10 Å². The summed E-state index contributed by atoms with van der Waals surface area (Å²) in [7, 11) is 4.96. The Labute approximate surface area is 209 Å². The number of aromatic nitrogens is 2. The van der Waals surface area contributed by atoms with Crippen molar-refractivity contribution in [2.24, 2.45) is 5.92 Å². The van der Waals surface area contributed by atoms with Gasteiger partial charge in [0.1, 0.15) is 17.1 Å². The van der Waals surface area contributed by atoms with Gasteiger partial charge < -0.3 is 19.7 Å². The summed E-state index contributed by atoms with van der Waals surface area (Å²) in [6.45, 7) is 6.79. The summed E-state index contributed by atoms with van der Waals surface area (Å²) in [5.41, 5.74) is -0.590. The van der Waals surface area contributed by atoms with E-state index in [0.29, 0.717) is 36.0 Å². The number of nitrogens with zero attached hydrogens (tertiary/aromatic N) is 3. The minimum atomic E-state index is -1.33. The number of rotatable bonds is 10. The zero-order chi connectivity index (χ0) is 26.6. The molecular formula is C26H32F2N4O4. The number of esters is 1. The Morgan fingerprint density at radius 2 is 1.89 bits per heavy atom. The van der Waals surface area contributed by atoms with E-state index in [4.69, 9.17) is 9.47 Å². The van der Waals surface area contributed by atoms with Gasteiger partial charge in [0, 0.05) is 24.5 Å². The van der Waals surface area contributed by atoms with Crippen LogP contribution in [0.2, 0.25) is 0 Å². The Bertz CT molecular complexity index is 1260. The highest BCUT2D eigenvalue weighted by Gasteiger charge is 2.37. The summed E-state index contributed by atoms with van der Waals surface area (Å²) in [4.78, 5) is 28.1. The molecule has 0 saturated heterocycles. The van der Waals surface area contributed by atoms with Crippen molar-refractivity contribution in [1.82, 2.24) is 20.0 Å². The minimum absolute atomic E-state index is 0.0365. The van der Waals surface area contributed by atoms with Gasteiger partial charge in [0.15, 0.2) is 11.6 Å². The van der Waals surface area contributed by atoms with Crippen LogP contribution in [-0.2, 0) is 16.1 Å². The van der Waals surface area contributed by atoms with Crippen LogP contribution in [0.5, 0.6) is 11.5 Å². The Morgan fingerprint density at radius 3 is 2.50 bits per heavy atom. The maximum absolute atomic E-state index is 14.4. The molecule has 1 heterocycles. The summed E-state index contributed by atoms with van der Waals surface area (Å²) < 4.78 is 40.3. The summed E-state index contributed by atoms with van der Waals surface area (Å²) in [6, 6.07) is 6.08. The summed E-state index contributed by atoms with van der Waals surface area (Å²) >= 11 is 0. The maximum Gasteiger partial charge on any atom is 0.331 e. The Morgan fingerprint density at radius 1 is 1.17 bits per heavy atom. The Kier molecular flexibility index (Phi) is 8.29. The van der Waals surface area contributed by atoms with E-state index in [2.05, 4.69) is 10.4 Å². The van der Waals surface area contributed by atoms with Crippen LogP contribution in [0.4, 0.5) is 8.78 Å². The largest absolute Gasteiger partial charge is 0.467 e. The number of carbonyl (C=O) groups is 2. The first-order valence-electron chi connectivity index (χ1n) is 11.6. The van der Waals surface area contributed by atoms with Crippen LogP contribution in [-0.4, -0.2) is 59.8 Å². The minimum Gasteiger partial charge on any atom is -0.467 e. The van der Waals surface area contributed by atoms with Gasteiger partial charge in [0.25, 0.3) is 5.91 Å². The van der Waals surface area contributed by atoms with Gasteiger partial charge in [-0.3, -0.25) is 9.48 Å². The lowest BCUT2D eigenvalue weighted by Crippen LogP contribution is -2.54. The molecule has 1 atom stereocenters. The molecule has 194 valence electrons. The molecule has 0 aliphatic carbocycles. The molecule has 0 saturated carbocycles. The maximum atomic E-state index is 14.4. The molecule has 2 aromatic carbocycles. The van der Waals surface area contributed by atoms with E-state index >= 15 is 0 Å². The molecule has 1 N–H and O–H groups in total. The first-order chi connectivity index (χ1) is 16.9. The predicted molar refractivity (Wildman–Crippen MR) is 132 cm³/mol. The lowest BCUT2D eigenvalue weighted by Gasteiger charge is -2.29. The van der Waals surface area contributed by atoms with Gasteiger partial charge >= 0.3 is 5.97 Å². The fourth-order valence-corrected chi connectivity index (χ4v) is 3.74. The zero-order valence-corrected chi connectivity index (χ0v) is 21.4. The van der Waals surface area contributed by atoms with Gasteiger partial charge in [-0.15, -0.1) is 0 Å². The Hall–Kier alpha value is -3.53. The molecular weight excluding hydrogens is 470 g/mol. The van der Waals surface area contributed by atoms with E-state index in [-0.39, 0.29) is 23.5 Å². The predicted octanol–water partition coefficient (Wildman–Crippen LogP) is 4.38. The van der Waals surface area contributed by atoms with Crippen LogP contribution in [0.15, 0.2) is 36.5 Å². The van der Waals surface area contributed by atoms with Crippen LogP contribution < -0.4 is 10.1 Å². The fraction of sp³-hybridized carbons (Fsp3) is 0.423. The lowest BCUT2D eigenvalue weighted by atomic mass is 9.96. The van der Waals surface area contributed by atoms with Gasteiger partial charge in [-0.1, -0.05) is 13.8 Å². The molecule has 0 radical (unpaired) electrons. The number of benzene rings is 2. The Balaban J connectivity index is 2.08. The highest BCUT2D eigenvalue weighted by molar-refractivity contribution is 6.03. The number of hydrogen-bond acceptors (Lipinski definition) is 6. The third kappa shape index (κ3) is 6.17. The van der Waals surface area contributed by atoms with Crippen LogP contribution in [0.25, 0.3) is 10.9 Å². The topological polar surface area (TPSA) is 85.7 Å². The molecule has 10 heteroatoms. The van der Waals surface area contributed by atoms with E-state index in [0.717, 1.165) is 12.1 Å². The van der Waals surface area contributed by atoms with E-state index in [9.17, 15) is 18.4 Å². The highest BCUT2D eigenvalue weighted by atomic mass is 19.1. The second kappa shape index (κ2) is 11.0.